The quantitative estimate of drug-likeness (QED) is 0.413. The number of aromatic nitrogens is 4. The van der Waals surface area contributed by atoms with Gasteiger partial charge < -0.3 is 15.2 Å². The number of fused-ring (bicyclic) bond motifs is 1. The zero-order chi connectivity index (χ0) is 21.1. The lowest BCUT2D eigenvalue weighted by Crippen LogP contribution is -2.26. The first-order valence-electron chi connectivity index (χ1n) is 9.16. The van der Waals surface area contributed by atoms with Crippen LogP contribution in [0.2, 0.25) is 0 Å². The van der Waals surface area contributed by atoms with E-state index in [1.54, 1.807) is 4.68 Å². The summed E-state index contributed by atoms with van der Waals surface area (Å²) in [5, 5.41) is 16.4. The number of amides is 1. The van der Waals surface area contributed by atoms with Crippen LogP contribution in [0.3, 0.4) is 0 Å². The predicted octanol–water partition coefficient (Wildman–Crippen LogP) is 4.11. The lowest BCUT2D eigenvalue weighted by Gasteiger charge is -2.11. The first kappa shape index (κ1) is 19.8. The van der Waals surface area contributed by atoms with Crippen LogP contribution in [0.25, 0.3) is 33.4 Å². The van der Waals surface area contributed by atoms with Gasteiger partial charge in [-0.3, -0.25) is 4.68 Å². The Morgan fingerprint density at radius 3 is 2.77 bits per heavy atom. The molecule has 0 aliphatic carbocycles. The van der Waals surface area contributed by atoms with Crippen LogP contribution in [0.1, 0.15) is 0 Å². The van der Waals surface area contributed by atoms with Crippen LogP contribution >= 0.6 is 15.9 Å². The van der Waals surface area contributed by atoms with Crippen LogP contribution in [0.4, 0.5) is 4.79 Å². The molecular weight excluding hydrogens is 450 g/mol. The van der Waals surface area contributed by atoms with Crippen molar-refractivity contribution in [3.63, 3.8) is 0 Å². The molecule has 0 radical (unpaired) electrons. The lowest BCUT2D eigenvalue weighted by molar-refractivity contribution is 0.191. The Labute approximate surface area is 180 Å². The van der Waals surface area contributed by atoms with Gasteiger partial charge in [-0.05, 0) is 22.0 Å². The van der Waals surface area contributed by atoms with Crippen molar-refractivity contribution in [3.8, 4) is 28.3 Å². The Hall–Kier alpha value is -3.46. The Balaban J connectivity index is 1.73. The highest BCUT2D eigenvalue weighted by molar-refractivity contribution is 9.10. The molecule has 0 atom stereocenters. The molecule has 9 heteroatoms. The molecule has 8 nitrogen and oxygen atoms in total. The van der Waals surface area contributed by atoms with E-state index in [4.69, 9.17) is 9.84 Å². The van der Waals surface area contributed by atoms with Gasteiger partial charge in [-0.15, -0.1) is 0 Å². The molecule has 4 aromatic rings. The fourth-order valence-electron chi connectivity index (χ4n) is 3.17. The smallest absolute Gasteiger partial charge is 0.404 e. The number of benzene rings is 2. The van der Waals surface area contributed by atoms with Gasteiger partial charge >= 0.3 is 6.09 Å². The van der Waals surface area contributed by atoms with Crippen LogP contribution in [0.5, 0.6) is 5.75 Å². The molecule has 30 heavy (non-hydrogen) atoms. The summed E-state index contributed by atoms with van der Waals surface area (Å²) in [6, 6.07) is 13.7. The highest BCUT2D eigenvalue weighted by atomic mass is 79.9. The average molecular weight is 468 g/mol. The fourth-order valence-corrected chi connectivity index (χ4v) is 3.63. The van der Waals surface area contributed by atoms with E-state index in [-0.39, 0.29) is 13.2 Å². The number of halogens is 1. The number of rotatable bonds is 6. The van der Waals surface area contributed by atoms with E-state index >= 15 is 0 Å². The highest BCUT2D eigenvalue weighted by Crippen LogP contribution is 2.37. The molecule has 2 aromatic heterocycles. The van der Waals surface area contributed by atoms with Crippen LogP contribution in [-0.4, -0.2) is 44.1 Å². The van der Waals surface area contributed by atoms with Crippen LogP contribution in [0.15, 0.2) is 59.5 Å². The molecule has 0 saturated heterocycles. The van der Waals surface area contributed by atoms with Crippen LogP contribution in [-0.2, 0) is 7.05 Å². The zero-order valence-electron chi connectivity index (χ0n) is 16.0. The second kappa shape index (κ2) is 8.50. The molecule has 0 unspecified atom stereocenters. The molecule has 0 saturated carbocycles. The Morgan fingerprint density at radius 2 is 2.00 bits per heavy atom. The van der Waals surface area contributed by atoms with Gasteiger partial charge in [-0.1, -0.05) is 30.3 Å². The maximum absolute atomic E-state index is 10.6. The second-order valence-corrected chi connectivity index (χ2v) is 7.39. The topological polar surface area (TPSA) is 102 Å². The van der Waals surface area contributed by atoms with Gasteiger partial charge in [0, 0.05) is 35.8 Å². The summed E-state index contributed by atoms with van der Waals surface area (Å²) in [5.41, 5.74) is 4.24. The number of nitrogens with zero attached hydrogens (tertiary/aromatic N) is 4. The first-order valence-corrected chi connectivity index (χ1v) is 9.95. The largest absolute Gasteiger partial charge is 0.490 e. The number of aryl methyl sites for hydroxylation is 1. The second-order valence-electron chi connectivity index (χ2n) is 6.53. The van der Waals surface area contributed by atoms with Gasteiger partial charge in [0.2, 0.25) is 0 Å². The van der Waals surface area contributed by atoms with Gasteiger partial charge in [0.15, 0.2) is 0 Å². The van der Waals surface area contributed by atoms with Crippen molar-refractivity contribution < 1.29 is 14.6 Å². The number of carbonyl (C=O) groups is 1. The number of hydrogen-bond acceptors (Lipinski definition) is 5. The zero-order valence-corrected chi connectivity index (χ0v) is 17.6. The molecule has 0 bridgehead atoms. The van der Waals surface area contributed by atoms with Crippen molar-refractivity contribution >= 4 is 32.9 Å². The molecule has 0 spiro atoms. The SMILES string of the molecule is Cn1cc(-c2ncnc3cc(OCCNC(=O)O)c(Br)cc23)c(-c2ccccc2)n1. The van der Waals surface area contributed by atoms with Gasteiger partial charge in [0.25, 0.3) is 0 Å². The van der Waals surface area contributed by atoms with E-state index in [9.17, 15) is 4.79 Å². The third kappa shape index (κ3) is 4.11. The Morgan fingerprint density at radius 1 is 1.20 bits per heavy atom. The van der Waals surface area contributed by atoms with Crippen molar-refractivity contribution in [1.29, 1.82) is 0 Å². The third-order valence-electron chi connectivity index (χ3n) is 4.46. The number of nitrogens with one attached hydrogen (secondary N) is 1. The molecule has 4 rings (SSSR count). The van der Waals surface area contributed by atoms with Crippen molar-refractivity contribution in [2.75, 3.05) is 13.2 Å². The van der Waals surface area contributed by atoms with Gasteiger partial charge in [-0.2, -0.15) is 5.10 Å². The third-order valence-corrected chi connectivity index (χ3v) is 5.08. The molecule has 0 aliphatic heterocycles. The van der Waals surface area contributed by atoms with E-state index in [2.05, 4.69) is 36.3 Å². The number of hydrogen-bond donors (Lipinski definition) is 2. The summed E-state index contributed by atoms with van der Waals surface area (Å²) in [6.07, 6.45) is 2.38. The minimum Gasteiger partial charge on any atom is -0.490 e. The van der Waals surface area contributed by atoms with Crippen molar-refractivity contribution in [3.05, 3.63) is 59.5 Å². The molecule has 152 valence electrons. The highest BCUT2D eigenvalue weighted by Gasteiger charge is 2.17. The summed E-state index contributed by atoms with van der Waals surface area (Å²) in [7, 11) is 1.88. The molecule has 1 amide bonds. The van der Waals surface area contributed by atoms with Crippen molar-refractivity contribution in [2.45, 2.75) is 0 Å². The minimum atomic E-state index is -1.08. The Kier molecular flexibility index (Phi) is 5.62. The van der Waals surface area contributed by atoms with Gasteiger partial charge in [0.05, 0.1) is 22.2 Å². The standard InChI is InChI=1S/C21H18BrN5O3/c1-27-11-15(19(26-27)13-5-3-2-4-6-13)20-14-9-16(22)18(10-17(14)24-12-25-20)30-8-7-23-21(28)29/h2-6,9-12,23H,7-8H2,1H3,(H,28,29). The normalized spacial score (nSPS) is 10.9. The average Bonchev–Trinajstić information content (AvgIpc) is 3.13. The summed E-state index contributed by atoms with van der Waals surface area (Å²) in [4.78, 5) is 19.5. The Bertz CT molecular complexity index is 1210. The summed E-state index contributed by atoms with van der Waals surface area (Å²) in [6.45, 7) is 0.389. The number of ether oxygens (including phenoxy) is 1. The van der Waals surface area contributed by atoms with E-state index < -0.39 is 6.09 Å². The van der Waals surface area contributed by atoms with E-state index in [0.29, 0.717) is 11.3 Å². The van der Waals surface area contributed by atoms with E-state index in [0.717, 1.165) is 32.4 Å². The molecule has 2 aromatic carbocycles. The minimum absolute atomic E-state index is 0.185. The summed E-state index contributed by atoms with van der Waals surface area (Å²) < 4.78 is 8.19. The van der Waals surface area contributed by atoms with Crippen LogP contribution < -0.4 is 10.1 Å². The van der Waals surface area contributed by atoms with Gasteiger partial charge in [0.1, 0.15) is 24.4 Å². The van der Waals surface area contributed by atoms with Gasteiger partial charge in [-0.25, -0.2) is 14.8 Å². The molecule has 2 heterocycles. The molecule has 0 fully saturated rings. The molecule has 0 aliphatic rings. The van der Waals surface area contributed by atoms with Crippen molar-refractivity contribution in [2.24, 2.45) is 7.05 Å². The maximum atomic E-state index is 10.6. The maximum Gasteiger partial charge on any atom is 0.404 e. The lowest BCUT2D eigenvalue weighted by atomic mass is 10.0. The predicted molar refractivity (Wildman–Crippen MR) is 116 cm³/mol. The van der Waals surface area contributed by atoms with Crippen molar-refractivity contribution in [1.82, 2.24) is 25.1 Å². The summed E-state index contributed by atoms with van der Waals surface area (Å²) in [5.74, 6) is 0.578. The van der Waals surface area contributed by atoms with E-state index in [1.807, 2.05) is 55.7 Å². The van der Waals surface area contributed by atoms with Crippen LogP contribution in [0, 0.1) is 0 Å². The monoisotopic (exact) mass is 467 g/mol. The molecular formula is C21H18BrN5O3. The summed E-state index contributed by atoms with van der Waals surface area (Å²) >= 11 is 3.54. The first-order chi connectivity index (χ1) is 14.5. The molecule has 2 N–H and O–H groups in total. The van der Waals surface area contributed by atoms with E-state index in [1.165, 1.54) is 6.33 Å². The fraction of sp³-hybridized carbons (Fsp3) is 0.143. The number of carboxylic acid groups (broad SMARTS) is 1.